The molecule has 0 amide bonds. The zero-order valence-electron chi connectivity index (χ0n) is 11.8. The zero-order chi connectivity index (χ0) is 15.2. The lowest BCUT2D eigenvalue weighted by molar-refractivity contribution is 0.0597. The van der Waals surface area contributed by atoms with Gasteiger partial charge in [0.25, 0.3) is 0 Å². The molecule has 0 saturated carbocycles. The smallest absolute Gasteiger partial charge is 0.341 e. The molecular formula is C16H15ClO3S. The minimum Gasteiger partial charge on any atom is -0.496 e. The van der Waals surface area contributed by atoms with Gasteiger partial charge in [-0.05, 0) is 18.2 Å². The number of methoxy groups -OCH3 is 2. The monoisotopic (exact) mass is 322 g/mol. The first-order valence-corrected chi connectivity index (χ1v) is 7.65. The molecule has 2 aromatic carbocycles. The first-order valence-electron chi connectivity index (χ1n) is 6.29. The summed E-state index contributed by atoms with van der Waals surface area (Å²) < 4.78 is 10.1. The van der Waals surface area contributed by atoms with Crippen LogP contribution in [0.15, 0.2) is 47.4 Å². The van der Waals surface area contributed by atoms with E-state index in [1.54, 1.807) is 24.9 Å². The topological polar surface area (TPSA) is 35.5 Å². The van der Waals surface area contributed by atoms with Crippen LogP contribution >= 0.6 is 23.4 Å². The molecule has 0 saturated heterocycles. The van der Waals surface area contributed by atoms with Crippen LogP contribution in [0, 0.1) is 0 Å². The Morgan fingerprint density at radius 2 is 1.90 bits per heavy atom. The standard InChI is InChI=1S/C16H15ClO3S/c1-19-15-11(6-5-7-12(15)16(18)20-2)10-21-14-9-4-3-8-13(14)17/h3-9H,10H2,1-2H3. The normalized spacial score (nSPS) is 10.2. The molecule has 21 heavy (non-hydrogen) atoms. The summed E-state index contributed by atoms with van der Waals surface area (Å²) in [7, 11) is 2.90. The molecular weight excluding hydrogens is 308 g/mol. The van der Waals surface area contributed by atoms with E-state index in [1.807, 2.05) is 36.4 Å². The summed E-state index contributed by atoms with van der Waals surface area (Å²) in [6.07, 6.45) is 0. The predicted octanol–water partition coefficient (Wildman–Crippen LogP) is 4.43. The maximum atomic E-state index is 11.7. The van der Waals surface area contributed by atoms with Gasteiger partial charge in [-0.3, -0.25) is 0 Å². The van der Waals surface area contributed by atoms with Crippen molar-refractivity contribution in [3.05, 3.63) is 58.6 Å². The van der Waals surface area contributed by atoms with Crippen LogP contribution in [0.5, 0.6) is 5.75 Å². The summed E-state index contributed by atoms with van der Waals surface area (Å²) in [4.78, 5) is 12.7. The van der Waals surface area contributed by atoms with Gasteiger partial charge in [0.2, 0.25) is 0 Å². The highest BCUT2D eigenvalue weighted by Crippen LogP contribution is 2.33. The van der Waals surface area contributed by atoms with Gasteiger partial charge in [-0.25, -0.2) is 4.79 Å². The van der Waals surface area contributed by atoms with Gasteiger partial charge in [0.15, 0.2) is 0 Å². The fourth-order valence-electron chi connectivity index (χ4n) is 1.93. The third-order valence-electron chi connectivity index (χ3n) is 2.93. The third kappa shape index (κ3) is 3.71. The van der Waals surface area contributed by atoms with Crippen molar-refractivity contribution in [3.8, 4) is 5.75 Å². The lowest BCUT2D eigenvalue weighted by Gasteiger charge is -2.12. The van der Waals surface area contributed by atoms with E-state index in [0.717, 1.165) is 10.5 Å². The molecule has 0 aliphatic rings. The molecule has 0 N–H and O–H groups in total. The van der Waals surface area contributed by atoms with Crippen molar-refractivity contribution in [2.24, 2.45) is 0 Å². The van der Waals surface area contributed by atoms with E-state index in [1.165, 1.54) is 7.11 Å². The largest absolute Gasteiger partial charge is 0.496 e. The highest BCUT2D eigenvalue weighted by atomic mass is 35.5. The summed E-state index contributed by atoms with van der Waals surface area (Å²) in [6.45, 7) is 0. The minimum absolute atomic E-state index is 0.406. The number of hydrogen-bond acceptors (Lipinski definition) is 4. The first-order chi connectivity index (χ1) is 10.2. The minimum atomic E-state index is -0.406. The van der Waals surface area contributed by atoms with Crippen LogP contribution in [0.25, 0.3) is 0 Å². The summed E-state index contributed by atoms with van der Waals surface area (Å²) in [5.41, 5.74) is 1.35. The molecule has 0 fully saturated rings. The fraction of sp³-hybridized carbons (Fsp3) is 0.188. The summed E-state index contributed by atoms with van der Waals surface area (Å²) in [5, 5.41) is 0.714. The summed E-state index contributed by atoms with van der Waals surface area (Å²) in [5.74, 6) is 0.790. The highest BCUT2D eigenvalue weighted by Gasteiger charge is 2.16. The lowest BCUT2D eigenvalue weighted by atomic mass is 10.1. The van der Waals surface area contributed by atoms with Crippen LogP contribution in [0.2, 0.25) is 5.02 Å². The second-order valence-electron chi connectivity index (χ2n) is 4.21. The Kier molecular flexibility index (Phi) is 5.53. The quantitative estimate of drug-likeness (QED) is 0.602. The zero-order valence-corrected chi connectivity index (χ0v) is 13.3. The van der Waals surface area contributed by atoms with Crippen molar-refractivity contribution < 1.29 is 14.3 Å². The summed E-state index contributed by atoms with van der Waals surface area (Å²) in [6, 6.07) is 13.1. The number of carbonyl (C=O) groups excluding carboxylic acids is 1. The Bertz CT molecular complexity index is 643. The third-order valence-corrected chi connectivity index (χ3v) is 4.49. The molecule has 2 rings (SSSR count). The molecule has 0 aliphatic heterocycles. The first kappa shape index (κ1) is 15.7. The van der Waals surface area contributed by atoms with Crippen LogP contribution in [0.1, 0.15) is 15.9 Å². The molecule has 5 heteroatoms. The fourth-order valence-corrected chi connectivity index (χ4v) is 3.15. The van der Waals surface area contributed by atoms with Gasteiger partial charge in [-0.15, -0.1) is 11.8 Å². The molecule has 110 valence electrons. The number of carbonyl (C=O) groups is 1. The second kappa shape index (κ2) is 7.38. The van der Waals surface area contributed by atoms with Gasteiger partial charge in [0, 0.05) is 16.2 Å². The van der Waals surface area contributed by atoms with E-state index in [2.05, 4.69) is 0 Å². The SMILES string of the molecule is COC(=O)c1cccc(CSc2ccccc2Cl)c1OC. The molecule has 3 nitrogen and oxygen atoms in total. The number of halogens is 1. The van der Waals surface area contributed by atoms with Crippen LogP contribution in [-0.2, 0) is 10.5 Å². The highest BCUT2D eigenvalue weighted by molar-refractivity contribution is 7.98. The van der Waals surface area contributed by atoms with E-state index in [0.29, 0.717) is 22.1 Å². The number of ether oxygens (including phenoxy) is 2. The number of hydrogen-bond donors (Lipinski definition) is 0. The van der Waals surface area contributed by atoms with Crippen molar-refractivity contribution in [2.75, 3.05) is 14.2 Å². The van der Waals surface area contributed by atoms with E-state index < -0.39 is 5.97 Å². The average Bonchev–Trinajstić information content (AvgIpc) is 2.52. The molecule has 0 radical (unpaired) electrons. The Balaban J connectivity index is 2.24. The van der Waals surface area contributed by atoms with E-state index >= 15 is 0 Å². The second-order valence-corrected chi connectivity index (χ2v) is 5.63. The van der Waals surface area contributed by atoms with E-state index in [-0.39, 0.29) is 0 Å². The Morgan fingerprint density at radius 1 is 1.14 bits per heavy atom. The van der Waals surface area contributed by atoms with Gasteiger partial charge in [-0.1, -0.05) is 35.9 Å². The van der Waals surface area contributed by atoms with Gasteiger partial charge in [0.1, 0.15) is 11.3 Å². The van der Waals surface area contributed by atoms with Crippen LogP contribution < -0.4 is 4.74 Å². The maximum Gasteiger partial charge on any atom is 0.341 e. The van der Waals surface area contributed by atoms with Crippen LogP contribution in [0.3, 0.4) is 0 Å². The van der Waals surface area contributed by atoms with Crippen molar-refractivity contribution in [3.63, 3.8) is 0 Å². The number of benzene rings is 2. The van der Waals surface area contributed by atoms with Crippen molar-refractivity contribution >= 4 is 29.3 Å². The molecule has 0 unspecified atom stereocenters. The van der Waals surface area contributed by atoms with Gasteiger partial charge >= 0.3 is 5.97 Å². The predicted molar refractivity (Wildman–Crippen MR) is 85.3 cm³/mol. The average molecular weight is 323 g/mol. The van der Waals surface area contributed by atoms with Crippen LogP contribution in [-0.4, -0.2) is 20.2 Å². The van der Waals surface area contributed by atoms with Gasteiger partial charge < -0.3 is 9.47 Å². The molecule has 2 aromatic rings. The number of thioether (sulfide) groups is 1. The molecule has 0 atom stereocenters. The Hall–Kier alpha value is -1.65. The molecule has 0 bridgehead atoms. The Labute approximate surface area is 133 Å². The molecule has 0 spiro atoms. The maximum absolute atomic E-state index is 11.7. The van der Waals surface area contributed by atoms with Gasteiger partial charge in [0.05, 0.1) is 19.2 Å². The summed E-state index contributed by atoms with van der Waals surface area (Å²) >= 11 is 7.74. The number of rotatable bonds is 5. The van der Waals surface area contributed by atoms with Crippen LogP contribution in [0.4, 0.5) is 0 Å². The Morgan fingerprint density at radius 3 is 2.57 bits per heavy atom. The lowest BCUT2D eigenvalue weighted by Crippen LogP contribution is -2.05. The van der Waals surface area contributed by atoms with E-state index in [4.69, 9.17) is 21.1 Å². The number of esters is 1. The van der Waals surface area contributed by atoms with Crippen molar-refractivity contribution in [2.45, 2.75) is 10.6 Å². The molecule has 0 aromatic heterocycles. The van der Waals surface area contributed by atoms with Gasteiger partial charge in [-0.2, -0.15) is 0 Å². The number of para-hydroxylation sites is 1. The van der Waals surface area contributed by atoms with Crippen molar-refractivity contribution in [1.29, 1.82) is 0 Å². The molecule has 0 aliphatic carbocycles. The molecule has 0 heterocycles. The van der Waals surface area contributed by atoms with E-state index in [9.17, 15) is 4.79 Å². The van der Waals surface area contributed by atoms with Crippen molar-refractivity contribution in [1.82, 2.24) is 0 Å².